The van der Waals surface area contributed by atoms with Crippen LogP contribution in [-0.4, -0.2) is 28.0 Å². The smallest absolute Gasteiger partial charge is 0.428 e. The Morgan fingerprint density at radius 2 is 1.77 bits per heavy atom. The summed E-state index contributed by atoms with van der Waals surface area (Å²) in [6.45, 7) is 1.87. The Bertz CT molecular complexity index is 713. The third-order valence-corrected chi connectivity index (χ3v) is 4.12. The van der Waals surface area contributed by atoms with Crippen LogP contribution in [0.5, 0.6) is 0 Å². The van der Waals surface area contributed by atoms with Crippen LogP contribution in [0.15, 0.2) is 59.7 Å². The Morgan fingerprint density at radius 1 is 1.14 bits per heavy atom. The monoisotopic (exact) mass is 314 g/mol. The zero-order valence-electron chi connectivity index (χ0n) is 12.0. The first-order valence-electron chi connectivity index (χ1n) is 6.99. The molecule has 4 nitrogen and oxygen atoms in total. The predicted octanol–water partition coefficient (Wildman–Crippen LogP) is 4.21. The van der Waals surface area contributed by atoms with Crippen LogP contribution in [0.1, 0.15) is 24.0 Å². The van der Waals surface area contributed by atoms with Gasteiger partial charge in [-0.05, 0) is 30.2 Å². The molecule has 0 radical (unpaired) electrons. The molecule has 0 fully saturated rings. The molecule has 0 bridgehead atoms. The lowest BCUT2D eigenvalue weighted by atomic mass is 9.86. The third kappa shape index (κ3) is 2.57. The van der Waals surface area contributed by atoms with Gasteiger partial charge in [-0.15, -0.1) is 0 Å². The maximum absolute atomic E-state index is 11.4. The highest BCUT2D eigenvalue weighted by molar-refractivity contribution is 6.30. The van der Waals surface area contributed by atoms with Gasteiger partial charge in [-0.2, -0.15) is 10.1 Å². The number of carboxylic acid groups (broad SMARTS) is 1. The van der Waals surface area contributed by atoms with Gasteiger partial charge in [0.2, 0.25) is 0 Å². The van der Waals surface area contributed by atoms with Crippen LogP contribution in [0.4, 0.5) is 4.79 Å². The van der Waals surface area contributed by atoms with E-state index in [9.17, 15) is 9.90 Å². The van der Waals surface area contributed by atoms with Crippen LogP contribution in [-0.2, 0) is 0 Å². The van der Waals surface area contributed by atoms with Crippen molar-refractivity contribution < 1.29 is 9.90 Å². The van der Waals surface area contributed by atoms with Gasteiger partial charge >= 0.3 is 6.09 Å². The summed E-state index contributed by atoms with van der Waals surface area (Å²) in [7, 11) is 0. The third-order valence-electron chi connectivity index (χ3n) is 3.87. The molecule has 0 spiro atoms. The molecule has 2 aromatic carbocycles. The van der Waals surface area contributed by atoms with Crippen molar-refractivity contribution in [1.82, 2.24) is 5.01 Å². The van der Waals surface area contributed by atoms with E-state index in [0.29, 0.717) is 5.02 Å². The van der Waals surface area contributed by atoms with Crippen molar-refractivity contribution >= 4 is 23.4 Å². The van der Waals surface area contributed by atoms with Crippen LogP contribution in [0.3, 0.4) is 0 Å². The van der Waals surface area contributed by atoms with Crippen molar-refractivity contribution in [3.63, 3.8) is 0 Å². The van der Waals surface area contributed by atoms with E-state index in [1.54, 1.807) is 12.1 Å². The fourth-order valence-electron chi connectivity index (χ4n) is 2.81. The fourth-order valence-corrected chi connectivity index (χ4v) is 2.94. The van der Waals surface area contributed by atoms with E-state index in [0.717, 1.165) is 21.8 Å². The molecule has 1 aliphatic rings. The van der Waals surface area contributed by atoms with Crippen LogP contribution in [0.2, 0.25) is 5.02 Å². The van der Waals surface area contributed by atoms with Crippen LogP contribution < -0.4 is 0 Å². The van der Waals surface area contributed by atoms with E-state index < -0.39 is 6.09 Å². The molecule has 0 aliphatic carbocycles. The molecule has 1 N–H and O–H groups in total. The summed E-state index contributed by atoms with van der Waals surface area (Å²) in [5.41, 5.74) is 2.68. The molecule has 0 aromatic heterocycles. The largest absolute Gasteiger partial charge is 0.464 e. The number of hydrogen-bond donors (Lipinski definition) is 1. The number of benzene rings is 2. The quantitative estimate of drug-likeness (QED) is 0.902. The number of hydrogen-bond acceptors (Lipinski definition) is 2. The van der Waals surface area contributed by atoms with Gasteiger partial charge in [-0.1, -0.05) is 54.1 Å². The lowest BCUT2D eigenvalue weighted by Gasteiger charge is -2.21. The lowest BCUT2D eigenvalue weighted by molar-refractivity contribution is 0.135. The van der Waals surface area contributed by atoms with Crippen molar-refractivity contribution in [2.24, 2.45) is 5.10 Å². The molecule has 1 heterocycles. The van der Waals surface area contributed by atoms with Crippen molar-refractivity contribution in [3.05, 3.63) is 70.7 Å². The maximum atomic E-state index is 11.4. The molecule has 1 amide bonds. The molecule has 0 saturated carbocycles. The summed E-state index contributed by atoms with van der Waals surface area (Å²) in [6, 6.07) is 16.9. The van der Waals surface area contributed by atoms with Gasteiger partial charge in [0.25, 0.3) is 0 Å². The number of amides is 1. The first kappa shape index (κ1) is 14.6. The van der Waals surface area contributed by atoms with Crippen molar-refractivity contribution in [3.8, 4) is 0 Å². The van der Waals surface area contributed by atoms with E-state index in [2.05, 4.69) is 5.10 Å². The minimum atomic E-state index is -1.04. The topological polar surface area (TPSA) is 52.9 Å². The number of halogens is 1. The summed E-state index contributed by atoms with van der Waals surface area (Å²) in [5, 5.41) is 15.5. The molecule has 2 atom stereocenters. The zero-order valence-corrected chi connectivity index (χ0v) is 12.7. The number of nitrogens with zero attached hydrogens (tertiary/aromatic N) is 2. The molecule has 0 unspecified atom stereocenters. The minimum Gasteiger partial charge on any atom is -0.464 e. The Hall–Kier alpha value is -2.33. The van der Waals surface area contributed by atoms with Crippen molar-refractivity contribution in [2.45, 2.75) is 18.9 Å². The molecular formula is C17H15ClN2O2. The maximum Gasteiger partial charge on any atom is 0.428 e. The molecule has 0 saturated heterocycles. The summed E-state index contributed by atoms with van der Waals surface area (Å²) < 4.78 is 0. The standard InChI is InChI=1S/C17H15ClN2O2/c1-11-15(12-5-3-2-4-6-12)16(19-20(11)17(21)22)13-7-9-14(18)10-8-13/h2-11,15H,1H3,(H,21,22)/t11-,15-/m0/s1. The Balaban J connectivity index is 2.08. The van der Waals surface area contributed by atoms with E-state index in [1.807, 2.05) is 49.4 Å². The zero-order chi connectivity index (χ0) is 15.7. The second-order valence-electron chi connectivity index (χ2n) is 5.25. The summed E-state index contributed by atoms with van der Waals surface area (Å²) in [5.74, 6) is -0.0986. The highest BCUT2D eigenvalue weighted by Crippen LogP contribution is 2.34. The SMILES string of the molecule is C[C@H]1[C@@H](c2ccccc2)C(c2ccc(Cl)cc2)=NN1C(=O)O. The molecule has 5 heteroatoms. The van der Waals surface area contributed by atoms with Gasteiger partial charge in [-0.25, -0.2) is 4.79 Å². The Morgan fingerprint density at radius 3 is 2.36 bits per heavy atom. The second kappa shape index (κ2) is 5.81. The van der Waals surface area contributed by atoms with Gasteiger partial charge in [0.05, 0.1) is 17.7 Å². The van der Waals surface area contributed by atoms with Gasteiger partial charge in [0.15, 0.2) is 0 Å². The van der Waals surface area contributed by atoms with Crippen LogP contribution in [0, 0.1) is 0 Å². The van der Waals surface area contributed by atoms with Crippen molar-refractivity contribution in [2.75, 3.05) is 0 Å². The second-order valence-corrected chi connectivity index (χ2v) is 5.68. The Labute approximate surface area is 133 Å². The van der Waals surface area contributed by atoms with E-state index in [-0.39, 0.29) is 12.0 Å². The Kier molecular flexibility index (Phi) is 3.86. The summed E-state index contributed by atoms with van der Waals surface area (Å²) in [4.78, 5) is 11.4. The molecule has 112 valence electrons. The van der Waals surface area contributed by atoms with E-state index >= 15 is 0 Å². The fraction of sp³-hybridized carbons (Fsp3) is 0.176. The summed E-state index contributed by atoms with van der Waals surface area (Å²) >= 11 is 5.94. The lowest BCUT2D eigenvalue weighted by Crippen LogP contribution is -2.33. The van der Waals surface area contributed by atoms with Crippen LogP contribution in [0.25, 0.3) is 0 Å². The molecule has 1 aliphatic heterocycles. The van der Waals surface area contributed by atoms with Gasteiger partial charge in [-0.3, -0.25) is 0 Å². The molecule has 22 heavy (non-hydrogen) atoms. The average molecular weight is 315 g/mol. The number of carbonyl (C=O) groups is 1. The predicted molar refractivity (Wildman–Crippen MR) is 86.5 cm³/mol. The normalized spacial score (nSPS) is 20.8. The summed E-state index contributed by atoms with van der Waals surface area (Å²) in [6.07, 6.45) is -1.04. The first-order valence-corrected chi connectivity index (χ1v) is 7.37. The molecule has 3 rings (SSSR count). The van der Waals surface area contributed by atoms with Gasteiger partial charge < -0.3 is 5.11 Å². The average Bonchev–Trinajstić information content (AvgIpc) is 2.86. The molecular weight excluding hydrogens is 300 g/mol. The van der Waals surface area contributed by atoms with Crippen LogP contribution >= 0.6 is 11.6 Å². The van der Waals surface area contributed by atoms with Crippen molar-refractivity contribution in [1.29, 1.82) is 0 Å². The minimum absolute atomic E-state index is 0.0986. The number of hydrazone groups is 1. The number of rotatable bonds is 2. The van der Waals surface area contributed by atoms with Gasteiger partial charge in [0, 0.05) is 5.02 Å². The van der Waals surface area contributed by atoms with E-state index in [1.165, 1.54) is 0 Å². The highest BCUT2D eigenvalue weighted by Gasteiger charge is 2.38. The highest BCUT2D eigenvalue weighted by atomic mass is 35.5. The molecule has 2 aromatic rings. The first-order chi connectivity index (χ1) is 10.6. The van der Waals surface area contributed by atoms with E-state index in [4.69, 9.17) is 11.6 Å². The van der Waals surface area contributed by atoms with Gasteiger partial charge in [0.1, 0.15) is 0 Å².